The minimum absolute atomic E-state index is 0.322. The van der Waals surface area contributed by atoms with Crippen LogP contribution in [0.15, 0.2) is 12.1 Å². The first-order chi connectivity index (χ1) is 7.15. The fourth-order valence-electron chi connectivity index (χ4n) is 1.37. The topological polar surface area (TPSA) is 52.6 Å². The fraction of sp³-hybridized carbons (Fsp3) is 0.273. The molecule has 1 rings (SSSR count). The van der Waals surface area contributed by atoms with E-state index in [1.807, 2.05) is 0 Å². The van der Waals surface area contributed by atoms with Crippen molar-refractivity contribution in [2.24, 2.45) is 0 Å². The van der Waals surface area contributed by atoms with E-state index in [1.54, 1.807) is 13.0 Å². The van der Waals surface area contributed by atoms with E-state index in [1.165, 1.54) is 20.3 Å². The summed E-state index contributed by atoms with van der Waals surface area (Å²) < 4.78 is 9.68. The molecule has 0 unspecified atom stereocenters. The Morgan fingerprint density at radius 1 is 1.33 bits per heavy atom. The molecule has 4 heteroatoms. The standard InChI is InChI=1S/C11H12O4/c1-7-8(6-12)4-5-9(10(7)14-2)11(13)15-3/h4-6H,1-3H3. The van der Waals surface area contributed by atoms with Crippen LogP contribution >= 0.6 is 0 Å². The van der Waals surface area contributed by atoms with E-state index in [-0.39, 0.29) is 0 Å². The van der Waals surface area contributed by atoms with Crippen molar-refractivity contribution in [1.82, 2.24) is 0 Å². The summed E-state index contributed by atoms with van der Waals surface area (Å²) in [7, 11) is 2.74. The first-order valence-electron chi connectivity index (χ1n) is 4.36. The molecule has 80 valence electrons. The number of methoxy groups -OCH3 is 2. The maximum absolute atomic E-state index is 11.4. The molecule has 1 aromatic rings. The zero-order valence-corrected chi connectivity index (χ0v) is 8.87. The lowest BCUT2D eigenvalue weighted by Crippen LogP contribution is -2.06. The van der Waals surface area contributed by atoms with E-state index in [0.29, 0.717) is 22.4 Å². The highest BCUT2D eigenvalue weighted by Crippen LogP contribution is 2.26. The van der Waals surface area contributed by atoms with E-state index in [2.05, 4.69) is 4.74 Å². The Hall–Kier alpha value is -1.84. The van der Waals surface area contributed by atoms with E-state index in [4.69, 9.17) is 4.74 Å². The van der Waals surface area contributed by atoms with Gasteiger partial charge in [-0.25, -0.2) is 4.79 Å². The smallest absolute Gasteiger partial charge is 0.341 e. The molecule has 0 aliphatic rings. The van der Waals surface area contributed by atoms with Crippen LogP contribution in [0.2, 0.25) is 0 Å². The largest absolute Gasteiger partial charge is 0.496 e. The summed E-state index contributed by atoms with van der Waals surface area (Å²) in [5.41, 5.74) is 1.46. The molecule has 0 bridgehead atoms. The van der Waals surface area contributed by atoms with Crippen LogP contribution in [0.1, 0.15) is 26.3 Å². The highest BCUT2D eigenvalue weighted by atomic mass is 16.5. The monoisotopic (exact) mass is 208 g/mol. The number of carbonyl (C=O) groups excluding carboxylic acids is 2. The van der Waals surface area contributed by atoms with Gasteiger partial charge in [-0.05, 0) is 13.0 Å². The summed E-state index contributed by atoms with van der Waals surface area (Å²) in [5, 5.41) is 0. The number of rotatable bonds is 3. The van der Waals surface area contributed by atoms with Crippen molar-refractivity contribution in [2.45, 2.75) is 6.92 Å². The summed E-state index contributed by atoms with van der Waals surface area (Å²) in [5.74, 6) is -0.0983. The van der Waals surface area contributed by atoms with Crippen molar-refractivity contribution in [2.75, 3.05) is 14.2 Å². The number of esters is 1. The Labute approximate surface area is 87.8 Å². The summed E-state index contributed by atoms with van der Waals surface area (Å²) in [6, 6.07) is 3.08. The Morgan fingerprint density at radius 3 is 2.47 bits per heavy atom. The van der Waals surface area contributed by atoms with E-state index >= 15 is 0 Å². The van der Waals surface area contributed by atoms with Crippen LogP contribution in [-0.4, -0.2) is 26.5 Å². The van der Waals surface area contributed by atoms with Crippen LogP contribution in [0.3, 0.4) is 0 Å². The molecule has 0 spiro atoms. The Bertz CT molecular complexity index is 396. The van der Waals surface area contributed by atoms with Crippen LogP contribution in [0.25, 0.3) is 0 Å². The lowest BCUT2D eigenvalue weighted by molar-refractivity contribution is 0.0596. The van der Waals surface area contributed by atoms with E-state index in [9.17, 15) is 9.59 Å². The van der Waals surface area contributed by atoms with Gasteiger partial charge >= 0.3 is 5.97 Å². The van der Waals surface area contributed by atoms with Crippen molar-refractivity contribution < 1.29 is 19.1 Å². The maximum atomic E-state index is 11.4. The van der Waals surface area contributed by atoms with Crippen molar-refractivity contribution in [1.29, 1.82) is 0 Å². The molecule has 4 nitrogen and oxygen atoms in total. The number of hydrogen-bond acceptors (Lipinski definition) is 4. The molecule has 0 heterocycles. The van der Waals surface area contributed by atoms with Gasteiger partial charge in [-0.1, -0.05) is 6.07 Å². The molecule has 15 heavy (non-hydrogen) atoms. The molecule has 0 saturated heterocycles. The van der Waals surface area contributed by atoms with Gasteiger partial charge in [0.2, 0.25) is 0 Å². The average Bonchev–Trinajstić information content (AvgIpc) is 2.27. The zero-order valence-electron chi connectivity index (χ0n) is 8.87. The SMILES string of the molecule is COC(=O)c1ccc(C=O)c(C)c1OC. The van der Waals surface area contributed by atoms with Crippen molar-refractivity contribution >= 4 is 12.3 Å². The van der Waals surface area contributed by atoms with Gasteiger partial charge in [0, 0.05) is 11.1 Å². The maximum Gasteiger partial charge on any atom is 0.341 e. The molecular formula is C11H12O4. The summed E-state index contributed by atoms with van der Waals surface area (Å²) in [6.45, 7) is 1.72. The number of hydrogen-bond donors (Lipinski definition) is 0. The molecule has 0 aliphatic carbocycles. The van der Waals surface area contributed by atoms with Gasteiger partial charge in [0.25, 0.3) is 0 Å². The number of aldehydes is 1. The summed E-state index contributed by atoms with van der Waals surface area (Å²) in [4.78, 5) is 22.0. The lowest BCUT2D eigenvalue weighted by atomic mass is 10.0. The number of ether oxygens (including phenoxy) is 2. The highest BCUT2D eigenvalue weighted by Gasteiger charge is 2.16. The molecule has 0 atom stereocenters. The van der Waals surface area contributed by atoms with Gasteiger partial charge in [0.05, 0.1) is 14.2 Å². The Balaban J connectivity index is 3.36. The van der Waals surface area contributed by atoms with Crippen LogP contribution in [0, 0.1) is 6.92 Å². The second kappa shape index (κ2) is 4.59. The predicted octanol–water partition coefficient (Wildman–Crippen LogP) is 1.60. The van der Waals surface area contributed by atoms with Crippen LogP contribution in [0.4, 0.5) is 0 Å². The summed E-state index contributed by atoms with van der Waals surface area (Å²) >= 11 is 0. The Morgan fingerprint density at radius 2 is 2.00 bits per heavy atom. The van der Waals surface area contributed by atoms with Crippen LogP contribution in [-0.2, 0) is 4.74 Å². The van der Waals surface area contributed by atoms with Crippen molar-refractivity contribution in [3.05, 3.63) is 28.8 Å². The first-order valence-corrected chi connectivity index (χ1v) is 4.36. The average molecular weight is 208 g/mol. The third-order valence-corrected chi connectivity index (χ3v) is 2.18. The fourth-order valence-corrected chi connectivity index (χ4v) is 1.37. The zero-order chi connectivity index (χ0) is 11.4. The first kappa shape index (κ1) is 11.2. The second-order valence-corrected chi connectivity index (χ2v) is 2.97. The summed E-state index contributed by atoms with van der Waals surface area (Å²) in [6.07, 6.45) is 0.721. The highest BCUT2D eigenvalue weighted by molar-refractivity contribution is 5.94. The molecule has 0 radical (unpaired) electrons. The lowest BCUT2D eigenvalue weighted by Gasteiger charge is -2.10. The molecule has 0 saturated carbocycles. The molecule has 0 N–H and O–H groups in total. The van der Waals surface area contributed by atoms with Gasteiger partial charge in [-0.15, -0.1) is 0 Å². The van der Waals surface area contributed by atoms with E-state index in [0.717, 1.165) is 6.29 Å². The minimum Gasteiger partial charge on any atom is -0.496 e. The van der Waals surface area contributed by atoms with Gasteiger partial charge in [0.1, 0.15) is 17.6 Å². The van der Waals surface area contributed by atoms with Crippen molar-refractivity contribution in [3.63, 3.8) is 0 Å². The van der Waals surface area contributed by atoms with Crippen molar-refractivity contribution in [3.8, 4) is 5.75 Å². The third-order valence-electron chi connectivity index (χ3n) is 2.18. The number of benzene rings is 1. The molecule has 0 aliphatic heterocycles. The molecular weight excluding hydrogens is 196 g/mol. The van der Waals surface area contributed by atoms with Gasteiger partial charge < -0.3 is 9.47 Å². The predicted molar refractivity (Wildman–Crippen MR) is 54.5 cm³/mol. The van der Waals surface area contributed by atoms with Gasteiger partial charge in [-0.2, -0.15) is 0 Å². The van der Waals surface area contributed by atoms with Gasteiger partial charge in [-0.3, -0.25) is 4.79 Å². The van der Waals surface area contributed by atoms with E-state index < -0.39 is 5.97 Å². The quantitative estimate of drug-likeness (QED) is 0.559. The van der Waals surface area contributed by atoms with Crippen LogP contribution in [0.5, 0.6) is 5.75 Å². The van der Waals surface area contributed by atoms with Crippen LogP contribution < -0.4 is 4.74 Å². The second-order valence-electron chi connectivity index (χ2n) is 2.97. The molecule has 0 fully saturated rings. The third kappa shape index (κ3) is 1.98. The number of carbonyl (C=O) groups is 2. The molecule has 1 aromatic carbocycles. The molecule has 0 aromatic heterocycles. The normalized spacial score (nSPS) is 9.53. The molecule has 0 amide bonds. The minimum atomic E-state index is -0.479. The Kier molecular flexibility index (Phi) is 3.44. The van der Waals surface area contributed by atoms with Gasteiger partial charge in [0.15, 0.2) is 0 Å².